The van der Waals surface area contributed by atoms with Gasteiger partial charge in [-0.15, -0.1) is 0 Å². The summed E-state index contributed by atoms with van der Waals surface area (Å²) in [6.45, 7) is 3.73. The van der Waals surface area contributed by atoms with Crippen LogP contribution in [0.3, 0.4) is 0 Å². The van der Waals surface area contributed by atoms with E-state index >= 15 is 0 Å². The lowest BCUT2D eigenvalue weighted by Crippen LogP contribution is -2.42. The van der Waals surface area contributed by atoms with E-state index in [0.29, 0.717) is 0 Å². The number of rotatable bonds is 13. The molecule has 0 aliphatic rings. The van der Waals surface area contributed by atoms with Crippen molar-refractivity contribution in [3.8, 4) is 11.3 Å². The fraction of sp³-hybridized carbons (Fsp3) is 0.346. The summed E-state index contributed by atoms with van der Waals surface area (Å²) in [7, 11) is 4.21. The van der Waals surface area contributed by atoms with Crippen molar-refractivity contribution in [1.29, 1.82) is 0 Å². The van der Waals surface area contributed by atoms with Crippen LogP contribution in [0, 0.1) is 0 Å². The molecule has 0 atom stereocenters. The second kappa shape index (κ2) is 14.6. The highest BCUT2D eigenvalue weighted by Gasteiger charge is 2.40. The summed E-state index contributed by atoms with van der Waals surface area (Å²) in [4.78, 5) is 39.4. The quantitative estimate of drug-likeness (QED) is 0.219. The number of pyridine rings is 1. The Morgan fingerprint density at radius 3 is 2.08 bits per heavy atom. The van der Waals surface area contributed by atoms with Crippen molar-refractivity contribution in [3.05, 3.63) is 72.2 Å². The van der Waals surface area contributed by atoms with Crippen LogP contribution < -0.4 is 0 Å². The fourth-order valence-corrected chi connectivity index (χ4v) is 3.55. The van der Waals surface area contributed by atoms with E-state index in [1.807, 2.05) is 30.7 Å². The Kier molecular flexibility index (Phi) is 11.5. The summed E-state index contributed by atoms with van der Waals surface area (Å²) >= 11 is 0. The largest absolute Gasteiger partial charge is 0.481 e. The number of likely N-dealkylation sites (N-methyl/N-ethyl adjacent to an activating group) is 1. The molecule has 3 aromatic rings. The molecule has 0 spiro atoms. The van der Waals surface area contributed by atoms with Crippen LogP contribution in [0.25, 0.3) is 11.3 Å². The molecule has 0 fully saturated rings. The predicted molar refractivity (Wildman–Crippen MR) is 138 cm³/mol. The minimum atomic E-state index is -2.74. The van der Waals surface area contributed by atoms with E-state index in [1.54, 1.807) is 0 Å². The molecule has 0 amide bonds. The van der Waals surface area contributed by atoms with Crippen LogP contribution in [0.2, 0.25) is 0 Å². The van der Waals surface area contributed by atoms with E-state index in [2.05, 4.69) is 69.4 Å². The Bertz CT molecular complexity index is 1150. The molecule has 0 aliphatic heterocycles. The molecule has 204 valence electrons. The monoisotopic (exact) mass is 527 g/mol. The van der Waals surface area contributed by atoms with Crippen LogP contribution >= 0.6 is 0 Å². The number of nitrogens with zero attached hydrogens (tertiary/aromatic N) is 4. The van der Waals surface area contributed by atoms with Crippen LogP contribution in [-0.2, 0) is 27.5 Å². The summed E-state index contributed by atoms with van der Waals surface area (Å²) in [5.74, 6) is -5.02. The maximum absolute atomic E-state index is 10.3. The number of hydrogen-bond acceptors (Lipinski definition) is 8. The molecule has 12 nitrogen and oxygen atoms in total. The fourth-order valence-electron chi connectivity index (χ4n) is 3.55. The number of carboxylic acid groups (broad SMARTS) is 3. The van der Waals surface area contributed by atoms with E-state index in [9.17, 15) is 14.4 Å². The number of carbonyl (C=O) groups is 3. The van der Waals surface area contributed by atoms with Gasteiger partial charge in [0.2, 0.25) is 0 Å². The molecule has 1 aromatic carbocycles. The third-order valence-electron chi connectivity index (χ3n) is 5.45. The maximum Gasteiger partial charge on any atom is 0.336 e. The molecule has 0 radical (unpaired) electrons. The van der Waals surface area contributed by atoms with E-state index in [-0.39, 0.29) is 0 Å². The van der Waals surface area contributed by atoms with Crippen LogP contribution in [0.4, 0.5) is 0 Å². The average molecular weight is 528 g/mol. The molecule has 0 aliphatic carbocycles. The highest BCUT2D eigenvalue weighted by atomic mass is 16.4. The molecule has 3 rings (SSSR count). The highest BCUT2D eigenvalue weighted by molar-refractivity contribution is 5.88. The Morgan fingerprint density at radius 2 is 1.55 bits per heavy atom. The summed E-state index contributed by atoms with van der Waals surface area (Å²) in [6, 6.07) is 14.5. The van der Waals surface area contributed by atoms with E-state index < -0.39 is 36.4 Å². The van der Waals surface area contributed by atoms with Gasteiger partial charge in [0.25, 0.3) is 0 Å². The number of H-pyrrole nitrogens is 1. The zero-order valence-electron chi connectivity index (χ0n) is 21.3. The van der Waals surface area contributed by atoms with Gasteiger partial charge in [-0.05, 0) is 31.3 Å². The SMILES string of the molecule is CN(C)CCN(Cc1cccnc1)Cc1cn[nH]c1-c1ccccc1.O=C(O)CC(O)(CC(=O)O)C(=O)O. The molecular weight excluding hydrogens is 494 g/mol. The molecule has 12 heteroatoms. The van der Waals surface area contributed by atoms with E-state index in [0.717, 1.165) is 31.9 Å². The summed E-state index contributed by atoms with van der Waals surface area (Å²) in [6.07, 6.45) is 3.41. The number of benzene rings is 1. The van der Waals surface area contributed by atoms with Crippen LogP contribution in [0.1, 0.15) is 24.0 Å². The lowest BCUT2D eigenvalue weighted by molar-refractivity contribution is -0.170. The van der Waals surface area contributed by atoms with Gasteiger partial charge in [0.15, 0.2) is 5.60 Å². The Hall–Kier alpha value is -4.13. The topological polar surface area (TPSA) is 180 Å². The molecule has 0 saturated carbocycles. The average Bonchev–Trinajstić information content (AvgIpc) is 3.31. The highest BCUT2D eigenvalue weighted by Crippen LogP contribution is 2.22. The van der Waals surface area contributed by atoms with Crippen LogP contribution in [0.15, 0.2) is 61.1 Å². The van der Waals surface area contributed by atoms with Gasteiger partial charge in [-0.2, -0.15) is 5.10 Å². The lowest BCUT2D eigenvalue weighted by atomic mass is 9.96. The predicted octanol–water partition coefficient (Wildman–Crippen LogP) is 1.79. The van der Waals surface area contributed by atoms with Crippen molar-refractivity contribution < 1.29 is 34.8 Å². The molecule has 0 saturated heterocycles. The molecule has 0 unspecified atom stereocenters. The van der Waals surface area contributed by atoms with Gasteiger partial charge in [0.1, 0.15) is 0 Å². The van der Waals surface area contributed by atoms with Crippen LogP contribution in [0.5, 0.6) is 0 Å². The van der Waals surface area contributed by atoms with Gasteiger partial charge in [-0.25, -0.2) is 4.79 Å². The smallest absolute Gasteiger partial charge is 0.336 e. The van der Waals surface area contributed by atoms with Gasteiger partial charge in [0, 0.05) is 44.1 Å². The van der Waals surface area contributed by atoms with E-state index in [4.69, 9.17) is 20.4 Å². The molecule has 5 N–H and O–H groups in total. The Labute approximate surface area is 220 Å². The van der Waals surface area contributed by atoms with Crippen molar-refractivity contribution in [3.63, 3.8) is 0 Å². The number of aliphatic hydroxyl groups is 1. The van der Waals surface area contributed by atoms with Gasteiger partial charge in [-0.3, -0.25) is 24.6 Å². The Balaban J connectivity index is 0.000000332. The number of aromatic nitrogens is 3. The summed E-state index contributed by atoms with van der Waals surface area (Å²) in [5.41, 5.74) is 1.97. The number of carboxylic acids is 3. The molecule has 0 bridgehead atoms. The van der Waals surface area contributed by atoms with Crippen molar-refractivity contribution in [2.75, 3.05) is 27.2 Å². The van der Waals surface area contributed by atoms with Crippen molar-refractivity contribution >= 4 is 17.9 Å². The molecule has 2 heterocycles. The first kappa shape index (κ1) is 30.1. The van der Waals surface area contributed by atoms with Crippen LogP contribution in [-0.4, -0.2) is 96.1 Å². The molecule has 2 aromatic heterocycles. The molecule has 38 heavy (non-hydrogen) atoms. The second-order valence-corrected chi connectivity index (χ2v) is 8.99. The lowest BCUT2D eigenvalue weighted by Gasteiger charge is -2.24. The van der Waals surface area contributed by atoms with Crippen molar-refractivity contribution in [2.24, 2.45) is 0 Å². The van der Waals surface area contributed by atoms with Gasteiger partial charge < -0.3 is 25.3 Å². The van der Waals surface area contributed by atoms with E-state index in [1.165, 1.54) is 16.7 Å². The Morgan fingerprint density at radius 1 is 0.895 bits per heavy atom. The first-order valence-electron chi connectivity index (χ1n) is 11.7. The second-order valence-electron chi connectivity index (χ2n) is 8.99. The van der Waals surface area contributed by atoms with Crippen molar-refractivity contribution in [1.82, 2.24) is 25.0 Å². The standard InChI is InChI=1S/C20H25N5.C6H8O7/c1-24(2)11-12-25(15-17-7-6-10-21-13-17)16-19-14-22-23-20(19)18-8-4-3-5-9-18;7-3(8)1-6(13,5(11)12)2-4(9)10/h3-10,13-14H,11-12,15-16H2,1-2H3,(H,22,23);13H,1-2H2,(H,7,8)(H,9,10)(H,11,12). The number of hydrogen-bond donors (Lipinski definition) is 5. The minimum Gasteiger partial charge on any atom is -0.481 e. The third kappa shape index (κ3) is 10.1. The third-order valence-corrected chi connectivity index (χ3v) is 5.45. The van der Waals surface area contributed by atoms with Gasteiger partial charge >= 0.3 is 17.9 Å². The molecular formula is C26H33N5O7. The number of aromatic amines is 1. The van der Waals surface area contributed by atoms with Crippen molar-refractivity contribution in [2.45, 2.75) is 31.5 Å². The maximum atomic E-state index is 10.3. The number of aliphatic carboxylic acids is 3. The first-order valence-corrected chi connectivity index (χ1v) is 11.7. The zero-order chi connectivity index (χ0) is 28.1. The number of nitrogens with one attached hydrogen (secondary N) is 1. The van der Waals surface area contributed by atoms with Gasteiger partial charge in [0.05, 0.1) is 24.7 Å². The zero-order valence-corrected chi connectivity index (χ0v) is 21.3. The summed E-state index contributed by atoms with van der Waals surface area (Å²) < 4.78 is 0. The normalized spacial score (nSPS) is 11.2. The minimum absolute atomic E-state index is 0.851. The van der Waals surface area contributed by atoms with Gasteiger partial charge in [-0.1, -0.05) is 36.4 Å². The summed E-state index contributed by atoms with van der Waals surface area (Å²) in [5, 5.41) is 41.2. The first-order chi connectivity index (χ1) is 18.0.